The number of hydrogen-bond donors (Lipinski definition) is 1. The number of fused-ring (bicyclic) bond motifs is 1. The molecule has 2 aromatic heterocycles. The van der Waals surface area contributed by atoms with Gasteiger partial charge in [0.15, 0.2) is 0 Å². The van der Waals surface area contributed by atoms with E-state index in [-0.39, 0.29) is 6.61 Å². The van der Waals surface area contributed by atoms with Crippen LogP contribution in [-0.4, -0.2) is 47.3 Å². The SMILES string of the molecule is COc1ccc2cc(CN(CCO)Cc3cccnc3)c(OC)nc2c1. The summed E-state index contributed by atoms with van der Waals surface area (Å²) in [6.45, 7) is 1.95. The number of aliphatic hydroxyl groups is 1. The number of hydrogen-bond acceptors (Lipinski definition) is 6. The van der Waals surface area contributed by atoms with Crippen LogP contribution < -0.4 is 9.47 Å². The van der Waals surface area contributed by atoms with E-state index in [9.17, 15) is 5.11 Å². The zero-order chi connectivity index (χ0) is 18.4. The normalized spacial score (nSPS) is 11.1. The molecule has 6 heteroatoms. The van der Waals surface area contributed by atoms with Crippen molar-refractivity contribution >= 4 is 10.9 Å². The molecular formula is C20H23N3O3. The average Bonchev–Trinajstić information content (AvgIpc) is 2.68. The molecule has 0 aliphatic rings. The van der Waals surface area contributed by atoms with Crippen molar-refractivity contribution in [3.8, 4) is 11.6 Å². The molecule has 136 valence electrons. The molecular weight excluding hydrogens is 330 g/mol. The Hall–Kier alpha value is -2.70. The van der Waals surface area contributed by atoms with Gasteiger partial charge in [-0.3, -0.25) is 9.88 Å². The van der Waals surface area contributed by atoms with E-state index in [0.717, 1.165) is 27.8 Å². The number of aromatic nitrogens is 2. The van der Waals surface area contributed by atoms with Crippen LogP contribution >= 0.6 is 0 Å². The van der Waals surface area contributed by atoms with E-state index in [1.165, 1.54) is 0 Å². The molecule has 26 heavy (non-hydrogen) atoms. The molecule has 0 unspecified atom stereocenters. The fourth-order valence-electron chi connectivity index (χ4n) is 2.94. The second kappa shape index (κ2) is 8.60. The van der Waals surface area contributed by atoms with Crippen LogP contribution in [0.1, 0.15) is 11.1 Å². The van der Waals surface area contributed by atoms with Gasteiger partial charge in [-0.1, -0.05) is 6.07 Å². The summed E-state index contributed by atoms with van der Waals surface area (Å²) in [5.41, 5.74) is 2.90. The summed E-state index contributed by atoms with van der Waals surface area (Å²) in [5, 5.41) is 10.5. The highest BCUT2D eigenvalue weighted by Gasteiger charge is 2.13. The van der Waals surface area contributed by atoms with Gasteiger partial charge in [-0.25, -0.2) is 4.98 Å². The lowest BCUT2D eigenvalue weighted by Crippen LogP contribution is -2.26. The maximum atomic E-state index is 9.43. The molecule has 6 nitrogen and oxygen atoms in total. The highest BCUT2D eigenvalue weighted by Crippen LogP contribution is 2.26. The highest BCUT2D eigenvalue weighted by molar-refractivity contribution is 5.81. The van der Waals surface area contributed by atoms with Crippen LogP contribution in [-0.2, 0) is 13.1 Å². The topological polar surface area (TPSA) is 67.7 Å². The van der Waals surface area contributed by atoms with E-state index in [0.29, 0.717) is 25.5 Å². The fourth-order valence-corrected chi connectivity index (χ4v) is 2.94. The quantitative estimate of drug-likeness (QED) is 0.671. The Balaban J connectivity index is 1.89. The number of benzene rings is 1. The molecule has 0 saturated heterocycles. The minimum absolute atomic E-state index is 0.0841. The first-order valence-electron chi connectivity index (χ1n) is 8.47. The Kier molecular flexibility index (Phi) is 5.99. The van der Waals surface area contributed by atoms with E-state index >= 15 is 0 Å². The van der Waals surface area contributed by atoms with Gasteiger partial charge in [-0.15, -0.1) is 0 Å². The molecule has 1 N–H and O–H groups in total. The molecule has 0 amide bonds. The summed E-state index contributed by atoms with van der Waals surface area (Å²) in [4.78, 5) is 10.9. The van der Waals surface area contributed by atoms with E-state index in [1.807, 2.05) is 36.5 Å². The predicted octanol–water partition coefficient (Wildman–Crippen LogP) is 2.64. The van der Waals surface area contributed by atoms with Crippen molar-refractivity contribution in [1.82, 2.24) is 14.9 Å². The molecule has 0 atom stereocenters. The average molecular weight is 353 g/mol. The molecule has 0 radical (unpaired) electrons. The van der Waals surface area contributed by atoms with Crippen LogP contribution in [0.4, 0.5) is 0 Å². The van der Waals surface area contributed by atoms with Gasteiger partial charge in [0, 0.05) is 49.0 Å². The van der Waals surface area contributed by atoms with Crippen molar-refractivity contribution in [3.63, 3.8) is 0 Å². The Morgan fingerprint density at radius 3 is 2.65 bits per heavy atom. The molecule has 2 heterocycles. The third-order valence-electron chi connectivity index (χ3n) is 4.20. The molecule has 0 fully saturated rings. The largest absolute Gasteiger partial charge is 0.497 e. The van der Waals surface area contributed by atoms with Crippen LogP contribution in [0.2, 0.25) is 0 Å². The Labute approximate surface area is 153 Å². The fraction of sp³-hybridized carbons (Fsp3) is 0.300. The highest BCUT2D eigenvalue weighted by atomic mass is 16.5. The van der Waals surface area contributed by atoms with Crippen LogP contribution in [0.3, 0.4) is 0 Å². The van der Waals surface area contributed by atoms with E-state index in [1.54, 1.807) is 20.4 Å². The van der Waals surface area contributed by atoms with E-state index < -0.39 is 0 Å². The second-order valence-corrected chi connectivity index (χ2v) is 6.01. The number of rotatable bonds is 8. The van der Waals surface area contributed by atoms with Crippen molar-refractivity contribution in [2.75, 3.05) is 27.4 Å². The Morgan fingerprint density at radius 1 is 1.08 bits per heavy atom. The molecule has 0 saturated carbocycles. The molecule has 0 aliphatic carbocycles. The first-order chi connectivity index (χ1) is 12.7. The maximum absolute atomic E-state index is 9.43. The molecule has 3 rings (SSSR count). The lowest BCUT2D eigenvalue weighted by Gasteiger charge is -2.22. The monoisotopic (exact) mass is 353 g/mol. The van der Waals surface area contributed by atoms with Crippen molar-refractivity contribution in [2.45, 2.75) is 13.1 Å². The van der Waals surface area contributed by atoms with Crippen molar-refractivity contribution in [3.05, 3.63) is 59.9 Å². The zero-order valence-electron chi connectivity index (χ0n) is 15.1. The smallest absolute Gasteiger partial charge is 0.218 e. The summed E-state index contributed by atoms with van der Waals surface area (Å²) in [7, 11) is 3.26. The Bertz CT molecular complexity index is 856. The van der Waals surface area contributed by atoms with Gasteiger partial charge in [-0.2, -0.15) is 0 Å². The standard InChI is InChI=1S/C20H23N3O3/c1-25-18-6-5-16-10-17(20(26-2)22-19(16)11-18)14-23(8-9-24)13-15-4-3-7-21-12-15/h3-7,10-12,24H,8-9,13-14H2,1-2H3. The summed E-state index contributed by atoms with van der Waals surface area (Å²) in [5.74, 6) is 1.35. The maximum Gasteiger partial charge on any atom is 0.218 e. The number of nitrogens with zero attached hydrogens (tertiary/aromatic N) is 3. The van der Waals surface area contributed by atoms with Gasteiger partial charge >= 0.3 is 0 Å². The summed E-state index contributed by atoms with van der Waals surface area (Å²) in [6, 6.07) is 11.8. The van der Waals surface area contributed by atoms with Gasteiger partial charge in [0.1, 0.15) is 5.75 Å². The third kappa shape index (κ3) is 4.28. The molecule has 0 spiro atoms. The first-order valence-corrected chi connectivity index (χ1v) is 8.47. The van der Waals surface area contributed by atoms with Gasteiger partial charge in [0.05, 0.1) is 26.3 Å². The van der Waals surface area contributed by atoms with Crippen LogP contribution in [0, 0.1) is 0 Å². The summed E-state index contributed by atoms with van der Waals surface area (Å²) >= 11 is 0. The molecule has 1 aromatic carbocycles. The third-order valence-corrected chi connectivity index (χ3v) is 4.20. The number of aliphatic hydroxyl groups excluding tert-OH is 1. The van der Waals surface area contributed by atoms with Gasteiger partial charge < -0.3 is 14.6 Å². The Morgan fingerprint density at radius 2 is 1.96 bits per heavy atom. The van der Waals surface area contributed by atoms with Crippen LogP contribution in [0.25, 0.3) is 10.9 Å². The van der Waals surface area contributed by atoms with E-state index in [4.69, 9.17) is 9.47 Å². The van der Waals surface area contributed by atoms with E-state index in [2.05, 4.69) is 20.9 Å². The summed E-state index contributed by atoms with van der Waals surface area (Å²) < 4.78 is 10.8. The van der Waals surface area contributed by atoms with Crippen LogP contribution in [0.5, 0.6) is 11.6 Å². The number of methoxy groups -OCH3 is 2. The zero-order valence-corrected chi connectivity index (χ0v) is 15.1. The molecule has 0 bridgehead atoms. The number of pyridine rings is 2. The number of ether oxygens (including phenoxy) is 2. The molecule has 0 aliphatic heterocycles. The lowest BCUT2D eigenvalue weighted by molar-refractivity contribution is 0.182. The van der Waals surface area contributed by atoms with Crippen molar-refractivity contribution in [1.29, 1.82) is 0 Å². The molecule has 3 aromatic rings. The minimum atomic E-state index is 0.0841. The first kappa shape index (κ1) is 18.1. The van der Waals surface area contributed by atoms with Crippen LogP contribution in [0.15, 0.2) is 48.8 Å². The van der Waals surface area contributed by atoms with Crippen molar-refractivity contribution in [2.24, 2.45) is 0 Å². The second-order valence-electron chi connectivity index (χ2n) is 6.01. The van der Waals surface area contributed by atoms with Gasteiger partial charge in [0.2, 0.25) is 5.88 Å². The lowest BCUT2D eigenvalue weighted by atomic mass is 10.1. The van der Waals surface area contributed by atoms with Gasteiger partial charge in [-0.05, 0) is 29.8 Å². The predicted molar refractivity (Wildman–Crippen MR) is 100 cm³/mol. The van der Waals surface area contributed by atoms with Gasteiger partial charge in [0.25, 0.3) is 0 Å². The summed E-state index contributed by atoms with van der Waals surface area (Å²) in [6.07, 6.45) is 3.59. The minimum Gasteiger partial charge on any atom is -0.497 e. The van der Waals surface area contributed by atoms with Crippen molar-refractivity contribution < 1.29 is 14.6 Å².